The highest BCUT2D eigenvalue weighted by Gasteiger charge is 2.09. The maximum absolute atomic E-state index is 13.2. The number of nitrogens with zero attached hydrogens (tertiary/aromatic N) is 2. The number of carbonyl (C=O) groups excluding carboxylic acids is 1. The molecule has 0 fully saturated rings. The van der Waals surface area contributed by atoms with E-state index in [-0.39, 0.29) is 31.0 Å². The van der Waals surface area contributed by atoms with Crippen molar-refractivity contribution in [2.75, 3.05) is 0 Å². The average Bonchev–Trinajstić information content (AvgIpc) is 2.83. The van der Waals surface area contributed by atoms with Gasteiger partial charge in [-0.1, -0.05) is 42.5 Å². The van der Waals surface area contributed by atoms with Gasteiger partial charge >= 0.3 is 5.69 Å². The van der Waals surface area contributed by atoms with Crippen molar-refractivity contribution in [3.05, 3.63) is 104 Å². The number of ether oxygens (including phenoxy) is 1. The normalized spacial score (nSPS) is 11.1. The van der Waals surface area contributed by atoms with Gasteiger partial charge in [0.2, 0.25) is 5.91 Å². The molecule has 0 spiro atoms. The Morgan fingerprint density at radius 3 is 2.68 bits per heavy atom. The number of halogens is 1. The Bertz CT molecular complexity index is 1460. The van der Waals surface area contributed by atoms with Crippen LogP contribution in [0.5, 0.6) is 5.75 Å². The van der Waals surface area contributed by atoms with Crippen LogP contribution in [0.2, 0.25) is 0 Å². The van der Waals surface area contributed by atoms with E-state index in [2.05, 4.69) is 25.7 Å². The van der Waals surface area contributed by atoms with Crippen molar-refractivity contribution in [1.82, 2.24) is 20.6 Å². The Kier molecular flexibility index (Phi) is 6.87. The molecule has 0 atom stereocenters. The molecule has 3 N–H and O–H groups in total. The largest absolute Gasteiger partial charge is 0.488 e. The van der Waals surface area contributed by atoms with Crippen LogP contribution in [0.1, 0.15) is 23.2 Å². The zero-order chi connectivity index (χ0) is 23.9. The van der Waals surface area contributed by atoms with Crippen LogP contribution in [0.4, 0.5) is 4.39 Å². The monoisotopic (exact) mass is 461 g/mol. The molecular weight excluding hydrogens is 441 g/mol. The summed E-state index contributed by atoms with van der Waals surface area (Å²) in [7, 11) is 0. The number of hydrogen-bond acceptors (Lipinski definition) is 6. The van der Waals surface area contributed by atoms with Crippen LogP contribution in [-0.4, -0.2) is 27.3 Å². The summed E-state index contributed by atoms with van der Waals surface area (Å²) in [4.78, 5) is 36.9. The second-order valence-corrected chi connectivity index (χ2v) is 7.36. The Morgan fingerprint density at radius 1 is 1.09 bits per heavy atom. The quantitative estimate of drug-likeness (QED) is 0.274. The van der Waals surface area contributed by atoms with Gasteiger partial charge in [-0.25, -0.2) is 19.7 Å². The van der Waals surface area contributed by atoms with E-state index in [4.69, 9.17) is 4.74 Å². The summed E-state index contributed by atoms with van der Waals surface area (Å²) in [5.74, 6) is -0.207. The van der Waals surface area contributed by atoms with Crippen LogP contribution in [-0.2, 0) is 17.8 Å². The van der Waals surface area contributed by atoms with Crippen molar-refractivity contribution < 1.29 is 13.9 Å². The van der Waals surface area contributed by atoms with E-state index in [0.717, 1.165) is 16.3 Å². The maximum atomic E-state index is 13.2. The van der Waals surface area contributed by atoms with Gasteiger partial charge in [0.05, 0.1) is 6.21 Å². The molecule has 34 heavy (non-hydrogen) atoms. The second kappa shape index (κ2) is 10.3. The molecule has 172 valence electrons. The van der Waals surface area contributed by atoms with Gasteiger partial charge in [0.15, 0.2) is 0 Å². The van der Waals surface area contributed by atoms with E-state index >= 15 is 0 Å². The topological polar surface area (TPSA) is 129 Å². The fraction of sp³-hybridized carbons (Fsp3) is 0.125. The number of nitrogens with one attached hydrogen (secondary N) is 3. The molecule has 0 bridgehead atoms. The van der Waals surface area contributed by atoms with E-state index in [9.17, 15) is 18.8 Å². The Morgan fingerprint density at radius 2 is 1.88 bits per heavy atom. The summed E-state index contributed by atoms with van der Waals surface area (Å²) in [5.41, 5.74) is 2.59. The summed E-state index contributed by atoms with van der Waals surface area (Å²) < 4.78 is 19.1. The molecule has 0 radical (unpaired) electrons. The number of aromatic nitrogens is 3. The third-order valence-corrected chi connectivity index (χ3v) is 4.99. The first-order valence-corrected chi connectivity index (χ1v) is 10.4. The lowest BCUT2D eigenvalue weighted by Crippen LogP contribution is -2.28. The number of aromatic amines is 2. The van der Waals surface area contributed by atoms with E-state index in [1.807, 2.05) is 36.4 Å². The first-order valence-electron chi connectivity index (χ1n) is 10.4. The fourth-order valence-corrected chi connectivity index (χ4v) is 3.27. The molecule has 4 rings (SSSR count). The number of hydrogen-bond donors (Lipinski definition) is 3. The Labute approximate surface area is 192 Å². The predicted molar refractivity (Wildman–Crippen MR) is 124 cm³/mol. The van der Waals surface area contributed by atoms with E-state index in [1.54, 1.807) is 12.1 Å². The Balaban J connectivity index is 1.47. The number of H-pyrrole nitrogens is 2. The summed E-state index contributed by atoms with van der Waals surface area (Å²) in [6, 6.07) is 17.4. The summed E-state index contributed by atoms with van der Waals surface area (Å²) in [6.45, 7) is 0.229. The van der Waals surface area contributed by atoms with Gasteiger partial charge in [0, 0.05) is 18.4 Å². The number of aryl methyl sites for hydroxylation is 1. The molecule has 4 aromatic rings. The highest BCUT2D eigenvalue weighted by atomic mass is 19.1. The first kappa shape index (κ1) is 22.6. The van der Waals surface area contributed by atoms with Crippen molar-refractivity contribution in [2.45, 2.75) is 19.4 Å². The molecular formula is C24H20FN5O4. The fourth-order valence-electron chi connectivity index (χ4n) is 3.27. The number of amides is 1. The lowest BCUT2D eigenvalue weighted by atomic mass is 10.0. The SMILES string of the molecule is O=C(CCc1n[nH]c(=O)[nH]c1=O)N/N=C/c1c(OCc2ccc(F)cc2)ccc2ccccc12. The smallest absolute Gasteiger partial charge is 0.342 e. The van der Waals surface area contributed by atoms with Crippen LogP contribution in [0.15, 0.2) is 75.4 Å². The highest BCUT2D eigenvalue weighted by Crippen LogP contribution is 2.27. The number of carbonyl (C=O) groups is 1. The van der Waals surface area contributed by atoms with Gasteiger partial charge in [0.1, 0.15) is 23.9 Å². The summed E-state index contributed by atoms with van der Waals surface area (Å²) in [5, 5.41) is 11.7. The summed E-state index contributed by atoms with van der Waals surface area (Å²) in [6.07, 6.45) is 1.47. The Hall–Kier alpha value is -4.60. The van der Waals surface area contributed by atoms with Crippen LogP contribution >= 0.6 is 0 Å². The molecule has 1 aromatic heterocycles. The molecule has 1 amide bonds. The number of rotatable bonds is 8. The minimum Gasteiger partial charge on any atom is -0.488 e. The van der Waals surface area contributed by atoms with Crippen molar-refractivity contribution in [2.24, 2.45) is 5.10 Å². The van der Waals surface area contributed by atoms with Crippen LogP contribution < -0.4 is 21.4 Å². The van der Waals surface area contributed by atoms with E-state index < -0.39 is 17.2 Å². The number of hydrazone groups is 1. The zero-order valence-corrected chi connectivity index (χ0v) is 17.9. The average molecular weight is 461 g/mol. The highest BCUT2D eigenvalue weighted by molar-refractivity contribution is 6.02. The van der Waals surface area contributed by atoms with Gasteiger partial charge in [-0.2, -0.15) is 10.2 Å². The van der Waals surface area contributed by atoms with Crippen molar-refractivity contribution in [3.8, 4) is 5.75 Å². The molecule has 0 aliphatic rings. The maximum Gasteiger partial charge on any atom is 0.342 e. The van der Waals surface area contributed by atoms with Crippen molar-refractivity contribution in [1.29, 1.82) is 0 Å². The number of benzene rings is 3. The summed E-state index contributed by atoms with van der Waals surface area (Å²) >= 11 is 0. The lowest BCUT2D eigenvalue weighted by Gasteiger charge is -2.12. The molecule has 0 aliphatic carbocycles. The lowest BCUT2D eigenvalue weighted by molar-refractivity contribution is -0.121. The van der Waals surface area contributed by atoms with Gasteiger partial charge in [0.25, 0.3) is 5.56 Å². The van der Waals surface area contributed by atoms with Crippen LogP contribution in [0.25, 0.3) is 10.8 Å². The van der Waals surface area contributed by atoms with Crippen LogP contribution in [0.3, 0.4) is 0 Å². The second-order valence-electron chi connectivity index (χ2n) is 7.36. The standard InChI is InChI=1S/C24H20FN5O4/c25-17-8-5-15(6-9-17)14-34-21-11-7-16-3-1-2-4-18(16)19(21)13-26-29-22(31)12-10-20-23(32)27-24(33)30-28-20/h1-9,11,13H,10,12,14H2,(H,29,31)(H2,27,30,32,33)/b26-13+. The minimum absolute atomic E-state index is 0.0355. The van der Waals surface area contributed by atoms with Gasteiger partial charge in [-0.15, -0.1) is 0 Å². The predicted octanol–water partition coefficient (Wildman–Crippen LogP) is 2.41. The molecule has 10 heteroatoms. The molecule has 0 saturated heterocycles. The van der Waals surface area contributed by atoms with E-state index in [1.165, 1.54) is 18.3 Å². The van der Waals surface area contributed by atoms with Crippen molar-refractivity contribution >= 4 is 22.9 Å². The molecule has 9 nitrogen and oxygen atoms in total. The molecule has 3 aromatic carbocycles. The minimum atomic E-state index is -0.713. The van der Waals surface area contributed by atoms with Crippen molar-refractivity contribution in [3.63, 3.8) is 0 Å². The molecule has 0 aliphatic heterocycles. The molecule has 0 unspecified atom stereocenters. The van der Waals surface area contributed by atoms with Gasteiger partial charge < -0.3 is 4.74 Å². The first-order chi connectivity index (χ1) is 16.5. The van der Waals surface area contributed by atoms with E-state index in [0.29, 0.717) is 11.3 Å². The van der Waals surface area contributed by atoms with Gasteiger partial charge in [-0.3, -0.25) is 14.6 Å². The zero-order valence-electron chi connectivity index (χ0n) is 17.9. The molecule has 1 heterocycles. The molecule has 0 saturated carbocycles. The third-order valence-electron chi connectivity index (χ3n) is 4.99. The number of fused-ring (bicyclic) bond motifs is 1. The van der Waals surface area contributed by atoms with Gasteiger partial charge in [-0.05, 0) is 34.5 Å². The van der Waals surface area contributed by atoms with Crippen LogP contribution in [0, 0.1) is 5.82 Å². The third kappa shape index (κ3) is 5.60.